The highest BCUT2D eigenvalue weighted by Gasteiger charge is 2.19. The summed E-state index contributed by atoms with van der Waals surface area (Å²) < 4.78 is 1.96. The van der Waals surface area contributed by atoms with Crippen LogP contribution in [-0.2, 0) is 7.05 Å². The highest BCUT2D eigenvalue weighted by atomic mass is 16.3. The van der Waals surface area contributed by atoms with Crippen LogP contribution in [0.5, 0.6) is 11.5 Å². The van der Waals surface area contributed by atoms with Gasteiger partial charge in [-0.2, -0.15) is 0 Å². The molecule has 0 aliphatic carbocycles. The average Bonchev–Trinajstić information content (AvgIpc) is 2.23. The number of aromatic nitrogens is 1. The first-order chi connectivity index (χ1) is 7.52. The third-order valence-electron chi connectivity index (χ3n) is 2.87. The number of aryl methyl sites for hydroxylation is 1. The lowest BCUT2D eigenvalue weighted by molar-refractivity contribution is -0.645. The van der Waals surface area contributed by atoms with Crippen LogP contribution in [0.15, 0.2) is 24.4 Å². The van der Waals surface area contributed by atoms with E-state index in [9.17, 15) is 10.2 Å². The molecule has 2 aromatic rings. The number of hydrogen-bond acceptors (Lipinski definition) is 2. The second kappa shape index (κ2) is 3.67. The maximum absolute atomic E-state index is 9.83. The zero-order chi connectivity index (χ0) is 11.9. The molecule has 1 heterocycles. The van der Waals surface area contributed by atoms with Crippen molar-refractivity contribution in [3.8, 4) is 11.5 Å². The Morgan fingerprint density at radius 1 is 1.25 bits per heavy atom. The van der Waals surface area contributed by atoms with Crippen LogP contribution in [0.4, 0.5) is 0 Å². The molecule has 0 amide bonds. The molecular weight excluding hydrogens is 202 g/mol. The van der Waals surface area contributed by atoms with Crippen LogP contribution in [0.2, 0.25) is 0 Å². The summed E-state index contributed by atoms with van der Waals surface area (Å²) in [5, 5.41) is 20.2. The van der Waals surface area contributed by atoms with E-state index in [1.165, 1.54) is 0 Å². The van der Waals surface area contributed by atoms with Gasteiger partial charge in [0, 0.05) is 11.6 Å². The zero-order valence-electron chi connectivity index (χ0n) is 9.73. The molecule has 0 aliphatic rings. The molecule has 0 saturated carbocycles. The molecule has 1 aromatic carbocycles. The van der Waals surface area contributed by atoms with Gasteiger partial charge in [-0.15, -0.1) is 0 Å². The van der Waals surface area contributed by atoms with Crippen molar-refractivity contribution in [2.24, 2.45) is 7.05 Å². The maximum Gasteiger partial charge on any atom is 0.219 e. The summed E-state index contributed by atoms with van der Waals surface area (Å²) in [4.78, 5) is 0. The van der Waals surface area contributed by atoms with E-state index < -0.39 is 0 Å². The molecule has 0 spiro atoms. The van der Waals surface area contributed by atoms with Gasteiger partial charge in [0.25, 0.3) is 0 Å². The molecule has 3 heteroatoms. The van der Waals surface area contributed by atoms with Crippen LogP contribution in [0, 0.1) is 0 Å². The Balaban J connectivity index is 2.96. The summed E-state index contributed by atoms with van der Waals surface area (Å²) in [6.07, 6.45) is 1.94. The summed E-state index contributed by atoms with van der Waals surface area (Å²) in [7, 11) is 1.94. The topological polar surface area (TPSA) is 44.3 Å². The highest BCUT2D eigenvalue weighted by molar-refractivity contribution is 5.88. The molecule has 0 aliphatic heterocycles. The van der Waals surface area contributed by atoms with Gasteiger partial charge >= 0.3 is 0 Å². The van der Waals surface area contributed by atoms with Gasteiger partial charge in [0.05, 0.1) is 5.39 Å². The fourth-order valence-corrected chi connectivity index (χ4v) is 2.02. The van der Waals surface area contributed by atoms with Gasteiger partial charge in [0.2, 0.25) is 5.52 Å². The second-order valence-corrected chi connectivity index (χ2v) is 4.37. The minimum atomic E-state index is -0.0533. The first kappa shape index (κ1) is 10.7. The number of phenolic OH excluding ortho intramolecular Hbond substituents is 2. The van der Waals surface area contributed by atoms with E-state index in [-0.39, 0.29) is 11.5 Å². The number of phenols is 2. The van der Waals surface area contributed by atoms with Crippen molar-refractivity contribution in [2.45, 2.75) is 19.8 Å². The Morgan fingerprint density at radius 2 is 1.94 bits per heavy atom. The first-order valence-corrected chi connectivity index (χ1v) is 5.35. The van der Waals surface area contributed by atoms with Crippen molar-refractivity contribution in [3.05, 3.63) is 30.0 Å². The zero-order valence-corrected chi connectivity index (χ0v) is 9.73. The van der Waals surface area contributed by atoms with Crippen molar-refractivity contribution in [2.75, 3.05) is 0 Å². The minimum absolute atomic E-state index is 0.0457. The van der Waals surface area contributed by atoms with Gasteiger partial charge in [-0.3, -0.25) is 0 Å². The molecule has 84 valence electrons. The number of benzene rings is 1. The second-order valence-electron chi connectivity index (χ2n) is 4.37. The van der Waals surface area contributed by atoms with Gasteiger partial charge in [-0.05, 0) is 18.1 Å². The van der Waals surface area contributed by atoms with Crippen LogP contribution in [0.3, 0.4) is 0 Å². The number of fused-ring (bicyclic) bond motifs is 1. The van der Waals surface area contributed by atoms with E-state index in [4.69, 9.17) is 0 Å². The normalized spacial score (nSPS) is 11.2. The quantitative estimate of drug-likeness (QED) is 0.569. The molecule has 2 N–H and O–H groups in total. The van der Waals surface area contributed by atoms with Crippen LogP contribution in [0.1, 0.15) is 25.3 Å². The molecule has 2 rings (SSSR count). The molecule has 0 bridgehead atoms. The lowest BCUT2D eigenvalue weighted by Gasteiger charge is -2.10. The Bertz CT molecular complexity index is 547. The fourth-order valence-electron chi connectivity index (χ4n) is 2.02. The van der Waals surface area contributed by atoms with Crippen molar-refractivity contribution < 1.29 is 14.8 Å². The van der Waals surface area contributed by atoms with E-state index in [0.29, 0.717) is 11.3 Å². The van der Waals surface area contributed by atoms with E-state index in [1.54, 1.807) is 6.07 Å². The highest BCUT2D eigenvalue weighted by Crippen LogP contribution is 2.36. The number of aromatic hydroxyl groups is 2. The van der Waals surface area contributed by atoms with E-state index in [1.807, 2.05) is 29.9 Å². The van der Waals surface area contributed by atoms with Crippen LogP contribution < -0.4 is 4.57 Å². The molecule has 0 saturated heterocycles. The summed E-state index contributed by atoms with van der Waals surface area (Å²) in [5.41, 5.74) is 2.00. The van der Waals surface area contributed by atoms with E-state index in [0.717, 1.165) is 11.1 Å². The fraction of sp³-hybridized carbons (Fsp3) is 0.308. The van der Waals surface area contributed by atoms with Crippen molar-refractivity contribution in [1.82, 2.24) is 0 Å². The Labute approximate surface area is 94.6 Å². The summed E-state index contributed by atoms with van der Waals surface area (Å²) in [5.74, 6) is 0.195. The van der Waals surface area contributed by atoms with Crippen LogP contribution in [0.25, 0.3) is 10.9 Å². The van der Waals surface area contributed by atoms with Crippen molar-refractivity contribution >= 4 is 10.9 Å². The first-order valence-electron chi connectivity index (χ1n) is 5.35. The molecule has 1 aromatic heterocycles. The van der Waals surface area contributed by atoms with Crippen LogP contribution in [-0.4, -0.2) is 10.2 Å². The average molecular weight is 218 g/mol. The third-order valence-corrected chi connectivity index (χ3v) is 2.87. The van der Waals surface area contributed by atoms with Gasteiger partial charge in [-0.1, -0.05) is 13.8 Å². The monoisotopic (exact) mass is 218 g/mol. The lowest BCUT2D eigenvalue weighted by Crippen LogP contribution is -2.29. The summed E-state index contributed by atoms with van der Waals surface area (Å²) in [6.45, 7) is 4.14. The maximum atomic E-state index is 9.83. The molecule has 3 nitrogen and oxygen atoms in total. The van der Waals surface area contributed by atoms with Crippen molar-refractivity contribution in [3.63, 3.8) is 0 Å². The molecular formula is C13H16NO2+. The van der Waals surface area contributed by atoms with Gasteiger partial charge in [-0.25, -0.2) is 4.57 Å². The number of rotatable bonds is 1. The third kappa shape index (κ3) is 1.48. The summed E-state index contributed by atoms with van der Waals surface area (Å²) in [6, 6.07) is 5.31. The van der Waals surface area contributed by atoms with E-state index >= 15 is 0 Å². The molecule has 0 fully saturated rings. The molecule has 0 radical (unpaired) electrons. The Kier molecular flexibility index (Phi) is 2.46. The number of nitrogens with zero attached hydrogens (tertiary/aromatic N) is 1. The Hall–Kier alpha value is -1.77. The van der Waals surface area contributed by atoms with Crippen LogP contribution >= 0.6 is 0 Å². The molecule has 0 atom stereocenters. The van der Waals surface area contributed by atoms with Gasteiger partial charge < -0.3 is 10.2 Å². The SMILES string of the molecule is CC(C)c1cc(O)c(O)c2ccc[n+](C)c12. The van der Waals surface area contributed by atoms with Gasteiger partial charge in [0.1, 0.15) is 7.05 Å². The molecule has 16 heavy (non-hydrogen) atoms. The predicted octanol–water partition coefficient (Wildman–Crippen LogP) is 2.20. The smallest absolute Gasteiger partial charge is 0.219 e. The largest absolute Gasteiger partial charge is 0.504 e. The predicted molar refractivity (Wildman–Crippen MR) is 62.5 cm³/mol. The summed E-state index contributed by atoms with van der Waals surface area (Å²) >= 11 is 0. The standard InChI is InChI=1S/C13H15NO2/c1-8(2)10-7-11(15)13(16)9-5-4-6-14(3)12(9)10/h4-8,15H,1-3H3/p+1. The number of pyridine rings is 1. The van der Waals surface area contributed by atoms with Gasteiger partial charge in [0.15, 0.2) is 17.7 Å². The van der Waals surface area contributed by atoms with Crippen molar-refractivity contribution in [1.29, 1.82) is 0 Å². The minimum Gasteiger partial charge on any atom is -0.504 e. The van der Waals surface area contributed by atoms with E-state index in [2.05, 4.69) is 13.8 Å². The number of hydrogen-bond donors (Lipinski definition) is 2. The molecule has 0 unspecified atom stereocenters. The Morgan fingerprint density at radius 3 is 2.56 bits per heavy atom. The lowest BCUT2D eigenvalue weighted by atomic mass is 9.98.